The molecule has 1 aliphatic heterocycles. The number of phenols is 2. The van der Waals surface area contributed by atoms with E-state index in [0.717, 1.165) is 12.5 Å². The number of aliphatic hydroxyl groups is 2. The summed E-state index contributed by atoms with van der Waals surface area (Å²) in [4.78, 5) is 12.4. The molecular formula is C18H26O6. The first-order valence-corrected chi connectivity index (χ1v) is 8.48. The summed E-state index contributed by atoms with van der Waals surface area (Å²) in [6.07, 6.45) is 2.37. The van der Waals surface area contributed by atoms with Crippen LogP contribution in [0.5, 0.6) is 11.5 Å². The Morgan fingerprint density at radius 3 is 2.33 bits per heavy atom. The van der Waals surface area contributed by atoms with Gasteiger partial charge in [0.2, 0.25) is 0 Å². The van der Waals surface area contributed by atoms with Crippen LogP contribution in [0.25, 0.3) is 0 Å². The number of benzene rings is 1. The lowest BCUT2D eigenvalue weighted by Gasteiger charge is -2.20. The van der Waals surface area contributed by atoms with Gasteiger partial charge in [0, 0.05) is 6.07 Å². The van der Waals surface area contributed by atoms with Crippen molar-refractivity contribution in [3.8, 4) is 11.5 Å². The monoisotopic (exact) mass is 338 g/mol. The standard InChI is InChI=1S/C18H26O6/c1-11-4-2-5-13(19)6-3-7-14(20)8-12-9-15(21)10-16(22)17(12)18(23)24-11/h9-11,13-14,19-22H,2-8H2,1H3/t11-,13?,14?/m0/s1. The molecule has 0 saturated carbocycles. The molecule has 24 heavy (non-hydrogen) atoms. The fourth-order valence-corrected chi connectivity index (χ4v) is 3.10. The number of phenolic OH excluding ortho intramolecular Hbond substituents is 2. The quantitative estimate of drug-likeness (QED) is 0.541. The lowest BCUT2D eigenvalue weighted by Crippen LogP contribution is -2.20. The van der Waals surface area contributed by atoms with Crippen molar-refractivity contribution in [3.63, 3.8) is 0 Å². The molecular weight excluding hydrogens is 312 g/mol. The van der Waals surface area contributed by atoms with E-state index in [-0.39, 0.29) is 29.6 Å². The van der Waals surface area contributed by atoms with Gasteiger partial charge in [-0.2, -0.15) is 0 Å². The zero-order valence-corrected chi connectivity index (χ0v) is 13.9. The molecule has 0 saturated heterocycles. The third-order valence-electron chi connectivity index (χ3n) is 4.37. The van der Waals surface area contributed by atoms with E-state index in [1.165, 1.54) is 6.07 Å². The Hall–Kier alpha value is -1.79. The highest BCUT2D eigenvalue weighted by Gasteiger charge is 2.23. The minimum absolute atomic E-state index is 0.00389. The van der Waals surface area contributed by atoms with Crippen molar-refractivity contribution in [2.75, 3.05) is 0 Å². The van der Waals surface area contributed by atoms with Crippen LogP contribution in [0, 0.1) is 0 Å². The van der Waals surface area contributed by atoms with Gasteiger partial charge in [-0.3, -0.25) is 0 Å². The molecule has 0 bridgehead atoms. The molecule has 6 nitrogen and oxygen atoms in total. The summed E-state index contributed by atoms with van der Waals surface area (Å²) in [5.74, 6) is -1.19. The van der Waals surface area contributed by atoms with Crippen molar-refractivity contribution >= 4 is 5.97 Å². The van der Waals surface area contributed by atoms with Crippen LogP contribution in [0.4, 0.5) is 0 Å². The number of esters is 1. The number of ether oxygens (including phenoxy) is 1. The maximum atomic E-state index is 12.4. The number of aromatic hydroxyl groups is 2. The average molecular weight is 338 g/mol. The van der Waals surface area contributed by atoms with Gasteiger partial charge in [0.25, 0.3) is 0 Å². The first-order valence-electron chi connectivity index (χ1n) is 8.48. The fraction of sp³-hybridized carbons (Fsp3) is 0.611. The number of carbonyl (C=O) groups is 1. The van der Waals surface area contributed by atoms with Gasteiger partial charge in [0.15, 0.2) is 0 Å². The molecule has 1 heterocycles. The molecule has 1 aromatic rings. The van der Waals surface area contributed by atoms with Crippen molar-refractivity contribution in [2.24, 2.45) is 0 Å². The number of hydrogen-bond donors (Lipinski definition) is 4. The molecule has 0 fully saturated rings. The molecule has 0 aliphatic carbocycles. The number of carbonyl (C=O) groups excluding carboxylic acids is 1. The topological polar surface area (TPSA) is 107 Å². The molecule has 2 rings (SSSR count). The summed E-state index contributed by atoms with van der Waals surface area (Å²) in [6.45, 7) is 1.77. The van der Waals surface area contributed by atoms with E-state index in [0.29, 0.717) is 37.7 Å². The van der Waals surface area contributed by atoms with E-state index in [2.05, 4.69) is 0 Å². The van der Waals surface area contributed by atoms with Gasteiger partial charge in [0.05, 0.1) is 18.3 Å². The maximum absolute atomic E-state index is 12.4. The molecule has 0 amide bonds. The number of hydrogen-bond acceptors (Lipinski definition) is 6. The first-order chi connectivity index (χ1) is 11.4. The van der Waals surface area contributed by atoms with E-state index >= 15 is 0 Å². The molecule has 3 atom stereocenters. The second kappa shape index (κ2) is 8.35. The van der Waals surface area contributed by atoms with E-state index in [1.54, 1.807) is 6.92 Å². The Labute approximate surface area is 141 Å². The van der Waals surface area contributed by atoms with Crippen LogP contribution >= 0.6 is 0 Å². The van der Waals surface area contributed by atoms with Crippen LogP contribution in [0.1, 0.15) is 61.4 Å². The molecule has 0 radical (unpaired) electrons. The van der Waals surface area contributed by atoms with Gasteiger partial charge in [-0.15, -0.1) is 0 Å². The minimum atomic E-state index is -0.731. The smallest absolute Gasteiger partial charge is 0.342 e. The maximum Gasteiger partial charge on any atom is 0.342 e. The van der Waals surface area contributed by atoms with Crippen molar-refractivity contribution in [2.45, 2.75) is 70.2 Å². The third kappa shape index (κ3) is 5.11. The van der Waals surface area contributed by atoms with Crippen LogP contribution in [0.2, 0.25) is 0 Å². The van der Waals surface area contributed by atoms with Crippen LogP contribution in [0.15, 0.2) is 12.1 Å². The number of rotatable bonds is 0. The fourth-order valence-electron chi connectivity index (χ4n) is 3.10. The summed E-state index contributed by atoms with van der Waals surface area (Å²) in [5, 5.41) is 39.8. The number of fused-ring (bicyclic) bond motifs is 1. The van der Waals surface area contributed by atoms with E-state index in [1.807, 2.05) is 0 Å². The molecule has 4 N–H and O–H groups in total. The van der Waals surface area contributed by atoms with Gasteiger partial charge >= 0.3 is 5.97 Å². The summed E-state index contributed by atoms with van der Waals surface area (Å²) in [6, 6.07) is 2.46. The largest absolute Gasteiger partial charge is 0.508 e. The van der Waals surface area contributed by atoms with Gasteiger partial charge < -0.3 is 25.2 Å². The van der Waals surface area contributed by atoms with Crippen LogP contribution in [-0.2, 0) is 11.2 Å². The Morgan fingerprint density at radius 2 is 1.62 bits per heavy atom. The van der Waals surface area contributed by atoms with E-state index in [9.17, 15) is 25.2 Å². The molecule has 134 valence electrons. The van der Waals surface area contributed by atoms with Gasteiger partial charge in [-0.1, -0.05) is 0 Å². The van der Waals surface area contributed by atoms with Crippen molar-refractivity contribution in [1.29, 1.82) is 0 Å². The summed E-state index contributed by atoms with van der Waals surface area (Å²) >= 11 is 0. The molecule has 6 heteroatoms. The van der Waals surface area contributed by atoms with E-state index in [4.69, 9.17) is 4.74 Å². The Kier molecular flexibility index (Phi) is 6.45. The Morgan fingerprint density at radius 1 is 1.00 bits per heavy atom. The summed E-state index contributed by atoms with van der Waals surface area (Å²) in [7, 11) is 0. The number of cyclic esters (lactones) is 1. The molecule has 2 unspecified atom stereocenters. The zero-order chi connectivity index (χ0) is 17.7. The molecule has 0 spiro atoms. The highest BCUT2D eigenvalue weighted by molar-refractivity contribution is 5.94. The summed E-state index contributed by atoms with van der Waals surface area (Å²) in [5.41, 5.74) is 0.352. The highest BCUT2D eigenvalue weighted by Crippen LogP contribution is 2.30. The predicted molar refractivity (Wildman–Crippen MR) is 88.1 cm³/mol. The van der Waals surface area contributed by atoms with Crippen molar-refractivity contribution in [3.05, 3.63) is 23.3 Å². The normalized spacial score (nSPS) is 27.0. The minimum Gasteiger partial charge on any atom is -0.508 e. The van der Waals surface area contributed by atoms with Crippen LogP contribution < -0.4 is 0 Å². The average Bonchev–Trinajstić information content (AvgIpc) is 2.45. The molecule has 1 aromatic carbocycles. The third-order valence-corrected chi connectivity index (χ3v) is 4.37. The van der Waals surface area contributed by atoms with Crippen molar-refractivity contribution in [1.82, 2.24) is 0 Å². The van der Waals surface area contributed by atoms with Crippen LogP contribution in [-0.4, -0.2) is 44.7 Å². The van der Waals surface area contributed by atoms with E-state index < -0.39 is 18.2 Å². The predicted octanol–water partition coefficient (Wildman–Crippen LogP) is 2.26. The van der Waals surface area contributed by atoms with Crippen molar-refractivity contribution < 1.29 is 30.0 Å². The first kappa shape index (κ1) is 18.5. The lowest BCUT2D eigenvalue weighted by atomic mass is 9.96. The van der Waals surface area contributed by atoms with Crippen LogP contribution in [0.3, 0.4) is 0 Å². The Balaban J connectivity index is 2.28. The lowest BCUT2D eigenvalue weighted by molar-refractivity contribution is 0.0303. The molecule has 0 aromatic heterocycles. The molecule has 1 aliphatic rings. The second-order valence-corrected chi connectivity index (χ2v) is 6.59. The summed E-state index contributed by atoms with van der Waals surface area (Å²) < 4.78 is 5.37. The van der Waals surface area contributed by atoms with Gasteiger partial charge in [-0.05, 0) is 63.5 Å². The van der Waals surface area contributed by atoms with Gasteiger partial charge in [0.1, 0.15) is 17.1 Å². The Bertz CT molecular complexity index is 571. The van der Waals surface area contributed by atoms with Gasteiger partial charge in [-0.25, -0.2) is 4.79 Å². The SMILES string of the molecule is C[C@H]1CCCC(O)CCCC(O)Cc2cc(O)cc(O)c2C(=O)O1. The number of aliphatic hydroxyl groups excluding tert-OH is 2. The highest BCUT2D eigenvalue weighted by atomic mass is 16.5. The zero-order valence-electron chi connectivity index (χ0n) is 13.9. The second-order valence-electron chi connectivity index (χ2n) is 6.59.